The first-order valence-corrected chi connectivity index (χ1v) is 8.79. The van der Waals surface area contributed by atoms with Gasteiger partial charge in [0.2, 0.25) is 11.8 Å². The molecule has 1 fully saturated rings. The topological polar surface area (TPSA) is 61.4 Å². The number of benzene rings is 1. The molecule has 0 unspecified atom stereocenters. The van der Waals surface area contributed by atoms with Crippen molar-refractivity contribution >= 4 is 17.5 Å². The van der Waals surface area contributed by atoms with E-state index in [0.717, 1.165) is 18.7 Å². The molecule has 1 aromatic carbocycles. The van der Waals surface area contributed by atoms with E-state index in [2.05, 4.69) is 10.6 Å². The van der Waals surface area contributed by atoms with Crippen LogP contribution < -0.4 is 10.6 Å². The lowest BCUT2D eigenvalue weighted by Crippen LogP contribution is -2.46. The van der Waals surface area contributed by atoms with Crippen molar-refractivity contribution in [1.82, 2.24) is 10.2 Å². The van der Waals surface area contributed by atoms with Crippen molar-refractivity contribution < 1.29 is 22.8 Å². The van der Waals surface area contributed by atoms with E-state index in [1.165, 1.54) is 4.90 Å². The number of carbonyl (C=O) groups is 2. The van der Waals surface area contributed by atoms with Crippen molar-refractivity contribution in [3.8, 4) is 0 Å². The van der Waals surface area contributed by atoms with Crippen LogP contribution in [0.4, 0.5) is 18.9 Å². The molecule has 1 aliphatic rings. The van der Waals surface area contributed by atoms with Gasteiger partial charge in [0.25, 0.3) is 0 Å². The number of piperidine rings is 1. The zero-order valence-electron chi connectivity index (χ0n) is 14.9. The lowest BCUT2D eigenvalue weighted by Gasteiger charge is -2.31. The fourth-order valence-electron chi connectivity index (χ4n) is 3.14. The lowest BCUT2D eigenvalue weighted by atomic mass is 9.92. The number of rotatable bonds is 6. The molecule has 144 valence electrons. The molecule has 1 aromatic rings. The molecule has 0 saturated carbocycles. The molecule has 2 rings (SSSR count). The SMILES string of the molecule is CCCN(CC(=O)Nc1ccc(F)c(F)c1F)C(=O)[C@H]1CCN[C@@H](C)C1. The van der Waals surface area contributed by atoms with Gasteiger partial charge in [0, 0.05) is 18.5 Å². The highest BCUT2D eigenvalue weighted by molar-refractivity contribution is 5.95. The molecule has 26 heavy (non-hydrogen) atoms. The monoisotopic (exact) mass is 371 g/mol. The summed E-state index contributed by atoms with van der Waals surface area (Å²) in [6, 6.07) is 1.91. The summed E-state index contributed by atoms with van der Waals surface area (Å²) in [5.74, 6) is -5.36. The molecule has 5 nitrogen and oxygen atoms in total. The van der Waals surface area contributed by atoms with Gasteiger partial charge in [-0.25, -0.2) is 13.2 Å². The van der Waals surface area contributed by atoms with Gasteiger partial charge in [-0.05, 0) is 44.9 Å². The van der Waals surface area contributed by atoms with Crippen LogP contribution in [0.5, 0.6) is 0 Å². The van der Waals surface area contributed by atoms with Gasteiger partial charge in [-0.3, -0.25) is 9.59 Å². The predicted octanol–water partition coefficient (Wildman–Crippen LogP) is 2.67. The molecule has 0 bridgehead atoms. The van der Waals surface area contributed by atoms with Crippen LogP contribution in [-0.4, -0.2) is 42.4 Å². The minimum atomic E-state index is -1.65. The number of nitrogens with one attached hydrogen (secondary N) is 2. The second-order valence-corrected chi connectivity index (χ2v) is 6.61. The Morgan fingerprint density at radius 2 is 2.00 bits per heavy atom. The fraction of sp³-hybridized carbons (Fsp3) is 0.556. The van der Waals surface area contributed by atoms with Gasteiger partial charge >= 0.3 is 0 Å². The number of hydrogen-bond acceptors (Lipinski definition) is 3. The smallest absolute Gasteiger partial charge is 0.244 e. The van der Waals surface area contributed by atoms with Crippen molar-refractivity contribution in [2.24, 2.45) is 5.92 Å². The normalized spacial score (nSPS) is 19.9. The molecule has 0 aromatic heterocycles. The molecule has 1 saturated heterocycles. The van der Waals surface area contributed by atoms with Crippen LogP contribution in [0.1, 0.15) is 33.1 Å². The summed E-state index contributed by atoms with van der Waals surface area (Å²) in [6.07, 6.45) is 2.06. The molecular formula is C18H24F3N3O2. The maximum absolute atomic E-state index is 13.7. The van der Waals surface area contributed by atoms with Gasteiger partial charge in [-0.15, -0.1) is 0 Å². The number of nitrogens with zero attached hydrogens (tertiary/aromatic N) is 1. The molecule has 8 heteroatoms. The van der Waals surface area contributed by atoms with E-state index in [-0.39, 0.29) is 24.4 Å². The van der Waals surface area contributed by atoms with E-state index < -0.39 is 29.0 Å². The highest BCUT2D eigenvalue weighted by Gasteiger charge is 2.29. The first-order chi connectivity index (χ1) is 12.3. The second-order valence-electron chi connectivity index (χ2n) is 6.61. The van der Waals surface area contributed by atoms with Gasteiger partial charge in [0.1, 0.15) is 0 Å². The van der Waals surface area contributed by atoms with E-state index in [4.69, 9.17) is 0 Å². The van der Waals surface area contributed by atoms with Crippen molar-refractivity contribution in [2.75, 3.05) is 25.0 Å². The Bertz CT molecular complexity index is 669. The van der Waals surface area contributed by atoms with E-state index in [0.29, 0.717) is 25.8 Å². The predicted molar refractivity (Wildman–Crippen MR) is 92.0 cm³/mol. The average molecular weight is 371 g/mol. The molecule has 1 aliphatic heterocycles. The molecule has 2 N–H and O–H groups in total. The van der Waals surface area contributed by atoms with Gasteiger partial charge in [0.15, 0.2) is 17.5 Å². The summed E-state index contributed by atoms with van der Waals surface area (Å²) < 4.78 is 39.9. The van der Waals surface area contributed by atoms with Crippen LogP contribution in [0.3, 0.4) is 0 Å². The summed E-state index contributed by atoms with van der Waals surface area (Å²) in [5.41, 5.74) is -0.451. The van der Waals surface area contributed by atoms with Crippen molar-refractivity contribution in [1.29, 1.82) is 0 Å². The number of amides is 2. The largest absolute Gasteiger partial charge is 0.333 e. The first-order valence-electron chi connectivity index (χ1n) is 8.79. The summed E-state index contributed by atoms with van der Waals surface area (Å²) in [6.45, 7) is 4.76. The molecule has 1 heterocycles. The van der Waals surface area contributed by atoms with E-state index in [1.54, 1.807) is 0 Å². The summed E-state index contributed by atoms with van der Waals surface area (Å²) in [7, 11) is 0. The van der Waals surface area contributed by atoms with Crippen LogP contribution in [0.15, 0.2) is 12.1 Å². The third kappa shape index (κ3) is 4.97. The third-order valence-electron chi connectivity index (χ3n) is 4.42. The summed E-state index contributed by atoms with van der Waals surface area (Å²) >= 11 is 0. The van der Waals surface area contributed by atoms with Crippen LogP contribution in [0.2, 0.25) is 0 Å². The Balaban J connectivity index is 2.03. The van der Waals surface area contributed by atoms with E-state index >= 15 is 0 Å². The average Bonchev–Trinajstić information content (AvgIpc) is 2.61. The summed E-state index contributed by atoms with van der Waals surface area (Å²) in [5, 5.41) is 5.48. The molecular weight excluding hydrogens is 347 g/mol. The van der Waals surface area contributed by atoms with Gasteiger partial charge in [0.05, 0.1) is 12.2 Å². The Morgan fingerprint density at radius 3 is 2.65 bits per heavy atom. The van der Waals surface area contributed by atoms with Crippen molar-refractivity contribution in [3.63, 3.8) is 0 Å². The standard InChI is InChI=1S/C18H24F3N3O2/c1-3-8-24(18(26)12-6-7-22-11(2)9-12)10-15(25)23-14-5-4-13(19)16(20)17(14)21/h4-5,11-12,22H,3,6-10H2,1-2H3,(H,23,25)/t11-,12-/m0/s1. The van der Waals surface area contributed by atoms with E-state index in [9.17, 15) is 22.8 Å². The third-order valence-corrected chi connectivity index (χ3v) is 4.42. The zero-order chi connectivity index (χ0) is 19.3. The van der Waals surface area contributed by atoms with E-state index in [1.807, 2.05) is 13.8 Å². The Morgan fingerprint density at radius 1 is 1.27 bits per heavy atom. The molecule has 2 amide bonds. The van der Waals surface area contributed by atoms with Gasteiger partial charge in [-0.1, -0.05) is 6.92 Å². The first kappa shape index (κ1) is 20.2. The van der Waals surface area contributed by atoms with Crippen molar-refractivity contribution in [3.05, 3.63) is 29.6 Å². The molecule has 2 atom stereocenters. The second kappa shape index (κ2) is 9.02. The highest BCUT2D eigenvalue weighted by Crippen LogP contribution is 2.21. The number of halogens is 3. The van der Waals surface area contributed by atoms with Crippen LogP contribution >= 0.6 is 0 Å². The quantitative estimate of drug-likeness (QED) is 0.756. The van der Waals surface area contributed by atoms with Gasteiger partial charge < -0.3 is 15.5 Å². The summed E-state index contributed by atoms with van der Waals surface area (Å²) in [4.78, 5) is 26.4. The number of hydrogen-bond donors (Lipinski definition) is 2. The number of anilines is 1. The highest BCUT2D eigenvalue weighted by atomic mass is 19.2. The zero-order valence-corrected chi connectivity index (χ0v) is 14.9. The maximum Gasteiger partial charge on any atom is 0.244 e. The van der Waals surface area contributed by atoms with Crippen LogP contribution in [0, 0.1) is 23.4 Å². The van der Waals surface area contributed by atoms with Crippen LogP contribution in [-0.2, 0) is 9.59 Å². The minimum absolute atomic E-state index is 0.110. The maximum atomic E-state index is 13.7. The number of carbonyl (C=O) groups excluding carboxylic acids is 2. The minimum Gasteiger partial charge on any atom is -0.333 e. The van der Waals surface area contributed by atoms with Crippen LogP contribution in [0.25, 0.3) is 0 Å². The molecule has 0 spiro atoms. The van der Waals surface area contributed by atoms with Crippen molar-refractivity contribution in [2.45, 2.75) is 39.2 Å². The Hall–Kier alpha value is -2.09. The lowest BCUT2D eigenvalue weighted by molar-refractivity contribution is -0.139. The van der Waals surface area contributed by atoms with Gasteiger partial charge in [-0.2, -0.15) is 0 Å². The molecule has 0 radical (unpaired) electrons. The molecule has 0 aliphatic carbocycles. The fourth-order valence-corrected chi connectivity index (χ4v) is 3.14. The Kier molecular flexibility index (Phi) is 7.02. The Labute approximate surface area is 150 Å².